The molecule has 1 aromatic heterocycles. The van der Waals surface area contributed by atoms with Gasteiger partial charge in [-0.3, -0.25) is 4.99 Å². The van der Waals surface area contributed by atoms with E-state index in [1.54, 1.807) is 0 Å². The summed E-state index contributed by atoms with van der Waals surface area (Å²) in [6.07, 6.45) is 2.40. The summed E-state index contributed by atoms with van der Waals surface area (Å²) in [4.78, 5) is 10.8. The van der Waals surface area contributed by atoms with Crippen molar-refractivity contribution in [2.45, 2.75) is 19.8 Å². The molecule has 0 saturated carbocycles. The minimum absolute atomic E-state index is 0.600. The van der Waals surface area contributed by atoms with Crippen molar-refractivity contribution in [2.75, 3.05) is 59.9 Å². The van der Waals surface area contributed by atoms with Crippen LogP contribution >= 0.6 is 11.3 Å². The van der Waals surface area contributed by atoms with Gasteiger partial charge in [0.15, 0.2) is 5.96 Å². The van der Waals surface area contributed by atoms with Gasteiger partial charge in [-0.05, 0) is 50.3 Å². The summed E-state index contributed by atoms with van der Waals surface area (Å²) in [7, 11) is 4.06. The molecular weight excluding hydrogens is 318 g/mol. The van der Waals surface area contributed by atoms with Crippen LogP contribution in [0.2, 0.25) is 0 Å². The van der Waals surface area contributed by atoms with E-state index in [2.05, 4.69) is 56.9 Å². The van der Waals surface area contributed by atoms with Crippen LogP contribution < -0.4 is 10.6 Å². The minimum Gasteiger partial charge on any atom is -0.356 e. The van der Waals surface area contributed by atoms with Gasteiger partial charge in [-0.25, -0.2) is 0 Å². The molecule has 0 amide bonds. The quantitative estimate of drug-likeness (QED) is 0.580. The molecule has 0 aliphatic carbocycles. The molecule has 0 bridgehead atoms. The molecule has 2 heterocycles. The molecule has 0 aromatic carbocycles. The summed E-state index contributed by atoms with van der Waals surface area (Å²) in [5.41, 5.74) is 0. The van der Waals surface area contributed by atoms with E-state index in [-0.39, 0.29) is 0 Å². The van der Waals surface area contributed by atoms with Crippen LogP contribution in [0.5, 0.6) is 0 Å². The fourth-order valence-electron chi connectivity index (χ4n) is 2.99. The first kappa shape index (κ1) is 19.2. The maximum atomic E-state index is 4.34. The zero-order chi connectivity index (χ0) is 17.2. The number of guanidine groups is 1. The molecule has 5 nitrogen and oxygen atoms in total. The number of aliphatic imine (C=N–C) groups is 1. The lowest BCUT2D eigenvalue weighted by atomic mass is 10.1. The summed E-state index contributed by atoms with van der Waals surface area (Å²) in [5, 5.41) is 9.05. The molecule has 6 heteroatoms. The zero-order valence-electron chi connectivity index (χ0n) is 15.4. The molecule has 136 valence electrons. The molecule has 0 spiro atoms. The van der Waals surface area contributed by atoms with Gasteiger partial charge in [-0.15, -0.1) is 11.3 Å². The Morgan fingerprint density at radius 2 is 2.17 bits per heavy atom. The van der Waals surface area contributed by atoms with E-state index in [0.717, 1.165) is 32.0 Å². The highest BCUT2D eigenvalue weighted by molar-refractivity contribution is 7.09. The molecule has 1 aromatic rings. The Balaban J connectivity index is 1.61. The van der Waals surface area contributed by atoms with Crippen LogP contribution in [-0.2, 0) is 6.42 Å². The summed E-state index contributed by atoms with van der Waals surface area (Å²) in [6, 6.07) is 4.34. The largest absolute Gasteiger partial charge is 0.356 e. The van der Waals surface area contributed by atoms with Gasteiger partial charge in [0.2, 0.25) is 0 Å². The molecule has 1 atom stereocenters. The van der Waals surface area contributed by atoms with Crippen LogP contribution in [0.4, 0.5) is 0 Å². The van der Waals surface area contributed by atoms with E-state index in [4.69, 9.17) is 0 Å². The highest BCUT2D eigenvalue weighted by Gasteiger charge is 2.11. The van der Waals surface area contributed by atoms with Crippen molar-refractivity contribution in [3.8, 4) is 0 Å². The molecule has 1 aliphatic heterocycles. The highest BCUT2D eigenvalue weighted by Crippen LogP contribution is 2.13. The predicted octanol–water partition coefficient (Wildman–Crippen LogP) is 1.73. The third-order valence-corrected chi connectivity index (χ3v) is 5.40. The molecule has 24 heavy (non-hydrogen) atoms. The lowest BCUT2D eigenvalue weighted by molar-refractivity contribution is 0.280. The van der Waals surface area contributed by atoms with Gasteiger partial charge in [-0.1, -0.05) is 13.0 Å². The average Bonchev–Trinajstić information content (AvgIpc) is 2.99. The first-order valence-corrected chi connectivity index (χ1v) is 9.93. The van der Waals surface area contributed by atoms with Crippen molar-refractivity contribution >= 4 is 17.3 Å². The zero-order valence-corrected chi connectivity index (χ0v) is 16.2. The Morgan fingerprint density at radius 3 is 2.92 bits per heavy atom. The Bertz CT molecular complexity index is 474. The van der Waals surface area contributed by atoms with Gasteiger partial charge in [0, 0.05) is 44.6 Å². The van der Waals surface area contributed by atoms with Crippen LogP contribution in [0.1, 0.15) is 18.2 Å². The fourth-order valence-corrected chi connectivity index (χ4v) is 3.86. The van der Waals surface area contributed by atoms with Crippen molar-refractivity contribution < 1.29 is 0 Å². The van der Waals surface area contributed by atoms with E-state index in [1.165, 1.54) is 37.5 Å². The van der Waals surface area contributed by atoms with Crippen molar-refractivity contribution in [3.63, 3.8) is 0 Å². The molecule has 1 unspecified atom stereocenters. The van der Waals surface area contributed by atoms with Gasteiger partial charge in [0.05, 0.1) is 0 Å². The Kier molecular flexibility index (Phi) is 8.56. The van der Waals surface area contributed by atoms with Gasteiger partial charge >= 0.3 is 0 Å². The summed E-state index contributed by atoms with van der Waals surface area (Å²) < 4.78 is 0. The number of hydrogen-bond donors (Lipinski definition) is 2. The molecule has 0 radical (unpaired) electrons. The number of rotatable bonds is 7. The number of nitrogens with one attached hydrogen (secondary N) is 2. The average molecular weight is 352 g/mol. The molecule has 2 rings (SSSR count). The summed E-state index contributed by atoms with van der Waals surface area (Å²) in [6.45, 7) is 10.0. The van der Waals surface area contributed by atoms with Crippen molar-refractivity contribution in [2.24, 2.45) is 10.9 Å². The maximum Gasteiger partial charge on any atom is 0.191 e. The normalized spacial score (nSPS) is 19.0. The van der Waals surface area contributed by atoms with Crippen molar-refractivity contribution in [3.05, 3.63) is 22.4 Å². The number of hydrogen-bond acceptors (Lipinski definition) is 4. The first-order chi connectivity index (χ1) is 11.7. The van der Waals surface area contributed by atoms with Crippen LogP contribution in [0, 0.1) is 5.92 Å². The molecule has 2 N–H and O–H groups in total. The van der Waals surface area contributed by atoms with Gasteiger partial charge in [-0.2, -0.15) is 0 Å². The van der Waals surface area contributed by atoms with Crippen molar-refractivity contribution in [1.29, 1.82) is 0 Å². The van der Waals surface area contributed by atoms with Gasteiger partial charge in [0.25, 0.3) is 0 Å². The fraction of sp³-hybridized carbons (Fsp3) is 0.722. The van der Waals surface area contributed by atoms with Crippen molar-refractivity contribution in [1.82, 2.24) is 20.4 Å². The number of thiophene rings is 1. The first-order valence-electron chi connectivity index (χ1n) is 9.05. The second-order valence-electron chi connectivity index (χ2n) is 6.77. The summed E-state index contributed by atoms with van der Waals surface area (Å²) in [5.74, 6) is 1.52. The van der Waals surface area contributed by atoms with Crippen LogP contribution in [0.15, 0.2) is 22.5 Å². The lowest BCUT2D eigenvalue weighted by Gasteiger charge is -2.21. The third-order valence-electron chi connectivity index (χ3n) is 4.50. The third kappa shape index (κ3) is 7.20. The van der Waals surface area contributed by atoms with E-state index < -0.39 is 0 Å². The standard InChI is InChI=1S/C18H33N5S/c1-16(14-17-6-4-13-24-17)15-21-18(19-2)20-7-10-23-9-5-8-22(3)11-12-23/h4,6,13,16H,5,7-12,14-15H2,1-3H3,(H2,19,20,21). The number of likely N-dealkylation sites (N-methyl/N-ethyl adjacent to an activating group) is 1. The lowest BCUT2D eigenvalue weighted by Crippen LogP contribution is -2.43. The predicted molar refractivity (Wildman–Crippen MR) is 105 cm³/mol. The maximum absolute atomic E-state index is 4.34. The van der Waals surface area contributed by atoms with E-state index in [9.17, 15) is 0 Å². The van der Waals surface area contributed by atoms with E-state index in [1.807, 2.05) is 18.4 Å². The summed E-state index contributed by atoms with van der Waals surface area (Å²) >= 11 is 1.84. The Labute approximate surface area is 151 Å². The van der Waals surface area contributed by atoms with Crippen LogP contribution in [0.3, 0.4) is 0 Å². The van der Waals surface area contributed by atoms with Gasteiger partial charge < -0.3 is 20.4 Å². The molecule has 1 saturated heterocycles. The smallest absolute Gasteiger partial charge is 0.191 e. The topological polar surface area (TPSA) is 42.9 Å². The monoisotopic (exact) mass is 351 g/mol. The second-order valence-corrected chi connectivity index (χ2v) is 7.80. The molecule has 1 aliphatic rings. The van der Waals surface area contributed by atoms with Crippen LogP contribution in [0.25, 0.3) is 0 Å². The Hall–Kier alpha value is -1.11. The number of nitrogens with zero attached hydrogens (tertiary/aromatic N) is 3. The second kappa shape index (κ2) is 10.7. The Morgan fingerprint density at radius 1 is 1.29 bits per heavy atom. The van der Waals surface area contributed by atoms with Crippen LogP contribution in [-0.4, -0.2) is 75.7 Å². The minimum atomic E-state index is 0.600. The van der Waals surface area contributed by atoms with Gasteiger partial charge in [0.1, 0.15) is 0 Å². The highest BCUT2D eigenvalue weighted by atomic mass is 32.1. The molecule has 1 fully saturated rings. The SMILES string of the molecule is CN=C(NCCN1CCCN(C)CC1)NCC(C)Cc1cccs1. The molecular formula is C18H33N5S. The van der Waals surface area contributed by atoms with E-state index in [0.29, 0.717) is 5.92 Å². The van der Waals surface area contributed by atoms with E-state index >= 15 is 0 Å².